The average Bonchev–Trinajstić information content (AvgIpc) is 3.07. The summed E-state index contributed by atoms with van der Waals surface area (Å²) in [6.45, 7) is 4.19. The lowest BCUT2D eigenvalue weighted by molar-refractivity contribution is -0.137. The Morgan fingerprint density at radius 3 is 2.77 bits per heavy atom. The topological polar surface area (TPSA) is 55.6 Å². The molecule has 2 aromatic heterocycles. The summed E-state index contributed by atoms with van der Waals surface area (Å²) in [4.78, 5) is 16.3. The van der Waals surface area contributed by atoms with Gasteiger partial charge in [-0.2, -0.15) is 13.2 Å². The molecule has 0 bridgehead atoms. The Balaban J connectivity index is 1.53. The summed E-state index contributed by atoms with van der Waals surface area (Å²) in [5, 5.41) is 2.74. The van der Waals surface area contributed by atoms with Gasteiger partial charge in [0.25, 0.3) is 0 Å². The molecule has 158 valence electrons. The molecule has 0 aliphatic carbocycles. The van der Waals surface area contributed by atoms with Crippen molar-refractivity contribution < 1.29 is 22.7 Å². The highest BCUT2D eigenvalue weighted by Crippen LogP contribution is 2.29. The fraction of sp³-hybridized carbons (Fsp3) is 0.273. The predicted molar refractivity (Wildman–Crippen MR) is 108 cm³/mol. The van der Waals surface area contributed by atoms with Crippen molar-refractivity contribution in [2.75, 3.05) is 6.54 Å². The van der Waals surface area contributed by atoms with Crippen LogP contribution in [0.15, 0.2) is 54.9 Å². The zero-order valence-corrected chi connectivity index (χ0v) is 16.6. The molecule has 2 heterocycles. The van der Waals surface area contributed by atoms with E-state index in [1.165, 1.54) is 22.7 Å². The van der Waals surface area contributed by atoms with Crippen LogP contribution in [0, 0.1) is 0 Å². The van der Waals surface area contributed by atoms with Gasteiger partial charge >= 0.3 is 6.18 Å². The van der Waals surface area contributed by atoms with Gasteiger partial charge in [-0.1, -0.05) is 12.1 Å². The molecule has 0 aliphatic heterocycles. The highest BCUT2D eigenvalue weighted by Gasteiger charge is 2.30. The summed E-state index contributed by atoms with van der Waals surface area (Å²) in [6.07, 6.45) is 1.71. The first-order chi connectivity index (χ1) is 14.2. The van der Waals surface area contributed by atoms with E-state index < -0.39 is 11.7 Å². The van der Waals surface area contributed by atoms with E-state index in [0.717, 1.165) is 23.6 Å². The average molecular weight is 417 g/mol. The number of pyridine rings is 1. The summed E-state index contributed by atoms with van der Waals surface area (Å²) in [7, 11) is 0. The Kier molecular flexibility index (Phi) is 6.44. The van der Waals surface area contributed by atoms with Crippen molar-refractivity contribution in [2.24, 2.45) is 0 Å². The Labute approximate surface area is 172 Å². The third-order valence-corrected chi connectivity index (χ3v) is 4.17. The maximum Gasteiger partial charge on any atom is 0.417 e. The van der Waals surface area contributed by atoms with Crippen molar-refractivity contribution >= 4 is 17.6 Å². The SMILES string of the molecule is CC(C)Oc1cccc(/C=C/C(=O)NCCc2cn3cc(C(F)(F)F)ccc3n2)c1. The number of amides is 1. The van der Waals surface area contributed by atoms with Gasteiger partial charge in [-0.05, 0) is 49.8 Å². The van der Waals surface area contributed by atoms with Crippen LogP contribution in [0.5, 0.6) is 5.75 Å². The Morgan fingerprint density at radius 1 is 1.23 bits per heavy atom. The number of nitrogens with zero attached hydrogens (tertiary/aromatic N) is 2. The molecule has 8 heteroatoms. The summed E-state index contributed by atoms with van der Waals surface area (Å²) >= 11 is 0. The molecule has 3 rings (SSSR count). The zero-order chi connectivity index (χ0) is 21.7. The molecule has 3 aromatic rings. The van der Waals surface area contributed by atoms with Crippen LogP contribution in [0.2, 0.25) is 0 Å². The zero-order valence-electron chi connectivity index (χ0n) is 16.6. The minimum atomic E-state index is -4.40. The van der Waals surface area contributed by atoms with E-state index in [4.69, 9.17) is 4.74 Å². The summed E-state index contributed by atoms with van der Waals surface area (Å²) in [5.74, 6) is 0.460. The largest absolute Gasteiger partial charge is 0.491 e. The van der Waals surface area contributed by atoms with Crippen LogP contribution in [-0.2, 0) is 17.4 Å². The smallest absolute Gasteiger partial charge is 0.417 e. The number of imidazole rings is 1. The standard InChI is InChI=1S/C22H22F3N3O2/c1-15(2)30-19-5-3-4-16(12-19)6-9-21(29)26-11-10-18-14-28-13-17(22(23,24)25)7-8-20(28)27-18/h3-9,12-15H,10-11H2,1-2H3,(H,26,29)/b9-6+. The first-order valence-electron chi connectivity index (χ1n) is 9.48. The number of carbonyl (C=O) groups excluding carboxylic acids is 1. The number of benzene rings is 1. The molecule has 0 fully saturated rings. The normalized spacial score (nSPS) is 12.1. The van der Waals surface area contributed by atoms with E-state index in [1.807, 2.05) is 38.1 Å². The molecule has 0 aliphatic rings. The molecular formula is C22H22F3N3O2. The second-order valence-electron chi connectivity index (χ2n) is 7.03. The first kappa shape index (κ1) is 21.4. The lowest BCUT2D eigenvalue weighted by Gasteiger charge is -2.09. The van der Waals surface area contributed by atoms with Gasteiger partial charge in [-0.15, -0.1) is 0 Å². The van der Waals surface area contributed by atoms with Crippen LogP contribution in [0.3, 0.4) is 0 Å². The Bertz CT molecular complexity index is 1060. The second kappa shape index (κ2) is 9.02. The Morgan fingerprint density at radius 2 is 2.03 bits per heavy atom. The van der Waals surface area contributed by atoms with E-state index in [-0.39, 0.29) is 12.0 Å². The van der Waals surface area contributed by atoms with Gasteiger partial charge in [0, 0.05) is 31.4 Å². The maximum atomic E-state index is 12.8. The van der Waals surface area contributed by atoms with Crippen molar-refractivity contribution in [3.05, 3.63) is 71.7 Å². The highest BCUT2D eigenvalue weighted by atomic mass is 19.4. The van der Waals surface area contributed by atoms with Crippen molar-refractivity contribution in [1.29, 1.82) is 0 Å². The quantitative estimate of drug-likeness (QED) is 0.576. The van der Waals surface area contributed by atoms with E-state index in [1.54, 1.807) is 6.08 Å². The van der Waals surface area contributed by atoms with Crippen molar-refractivity contribution in [3.8, 4) is 5.75 Å². The molecule has 1 aromatic carbocycles. The number of aromatic nitrogens is 2. The number of carbonyl (C=O) groups is 1. The van der Waals surface area contributed by atoms with Crippen LogP contribution in [-0.4, -0.2) is 27.9 Å². The van der Waals surface area contributed by atoms with Gasteiger partial charge in [-0.25, -0.2) is 4.98 Å². The molecule has 0 atom stereocenters. The molecule has 0 radical (unpaired) electrons. The number of fused-ring (bicyclic) bond motifs is 1. The molecular weight excluding hydrogens is 395 g/mol. The van der Waals surface area contributed by atoms with Crippen LogP contribution < -0.4 is 10.1 Å². The maximum absolute atomic E-state index is 12.8. The van der Waals surface area contributed by atoms with Gasteiger partial charge in [0.1, 0.15) is 11.4 Å². The highest BCUT2D eigenvalue weighted by molar-refractivity contribution is 5.91. The molecule has 0 unspecified atom stereocenters. The number of nitrogens with one attached hydrogen (secondary N) is 1. The monoisotopic (exact) mass is 417 g/mol. The third kappa shape index (κ3) is 5.85. The number of hydrogen-bond donors (Lipinski definition) is 1. The van der Waals surface area contributed by atoms with Gasteiger partial charge in [0.15, 0.2) is 0 Å². The molecule has 1 amide bonds. The molecule has 0 saturated carbocycles. The van der Waals surface area contributed by atoms with Gasteiger partial charge in [0.2, 0.25) is 5.91 Å². The fourth-order valence-electron chi connectivity index (χ4n) is 2.84. The van der Waals surface area contributed by atoms with Crippen LogP contribution >= 0.6 is 0 Å². The molecule has 30 heavy (non-hydrogen) atoms. The predicted octanol–water partition coefficient (Wildman–Crippen LogP) is 4.51. The molecule has 5 nitrogen and oxygen atoms in total. The van der Waals surface area contributed by atoms with Crippen molar-refractivity contribution in [2.45, 2.75) is 32.5 Å². The van der Waals surface area contributed by atoms with Gasteiger partial charge < -0.3 is 14.5 Å². The molecule has 1 N–H and O–H groups in total. The van der Waals surface area contributed by atoms with Crippen molar-refractivity contribution in [1.82, 2.24) is 14.7 Å². The number of rotatable bonds is 7. The molecule has 0 saturated heterocycles. The third-order valence-electron chi connectivity index (χ3n) is 4.17. The van der Waals surface area contributed by atoms with Crippen LogP contribution in [0.25, 0.3) is 11.7 Å². The van der Waals surface area contributed by atoms with Crippen LogP contribution in [0.4, 0.5) is 13.2 Å². The summed E-state index contributed by atoms with van der Waals surface area (Å²) < 4.78 is 45.3. The Hall–Kier alpha value is -3.29. The van der Waals surface area contributed by atoms with Gasteiger partial charge in [-0.3, -0.25) is 4.79 Å². The van der Waals surface area contributed by atoms with E-state index in [2.05, 4.69) is 10.3 Å². The second-order valence-corrected chi connectivity index (χ2v) is 7.03. The van der Waals surface area contributed by atoms with E-state index in [9.17, 15) is 18.0 Å². The van der Waals surface area contributed by atoms with E-state index in [0.29, 0.717) is 24.3 Å². The minimum absolute atomic E-state index is 0.0622. The fourth-order valence-corrected chi connectivity index (χ4v) is 2.84. The van der Waals surface area contributed by atoms with Crippen LogP contribution in [0.1, 0.15) is 30.7 Å². The lowest BCUT2D eigenvalue weighted by atomic mass is 10.2. The lowest BCUT2D eigenvalue weighted by Crippen LogP contribution is -2.23. The van der Waals surface area contributed by atoms with E-state index >= 15 is 0 Å². The summed E-state index contributed by atoms with van der Waals surface area (Å²) in [6, 6.07) is 9.73. The number of alkyl halides is 3. The minimum Gasteiger partial charge on any atom is -0.491 e. The first-order valence-corrected chi connectivity index (χ1v) is 9.48. The number of hydrogen-bond acceptors (Lipinski definition) is 3. The van der Waals surface area contributed by atoms with Crippen molar-refractivity contribution in [3.63, 3.8) is 0 Å². The number of ether oxygens (including phenoxy) is 1. The molecule has 0 spiro atoms. The summed E-state index contributed by atoms with van der Waals surface area (Å²) in [5.41, 5.74) is 1.12. The number of halogens is 3. The van der Waals surface area contributed by atoms with Gasteiger partial charge in [0.05, 0.1) is 17.4 Å².